The largest absolute Gasteiger partial charge is 0.479 e. The zero-order valence-electron chi connectivity index (χ0n) is 7.48. The summed E-state index contributed by atoms with van der Waals surface area (Å²) in [6, 6.07) is 0. The number of hydrogen-bond donors (Lipinski definition) is 1. The Morgan fingerprint density at radius 1 is 1.46 bits per heavy atom. The summed E-state index contributed by atoms with van der Waals surface area (Å²) < 4.78 is 6.70. The number of nitrogens with zero attached hydrogens (tertiary/aromatic N) is 3. The van der Waals surface area contributed by atoms with Crippen molar-refractivity contribution in [2.45, 2.75) is 0 Å². The van der Waals surface area contributed by atoms with Crippen molar-refractivity contribution in [1.29, 1.82) is 0 Å². The summed E-state index contributed by atoms with van der Waals surface area (Å²) >= 11 is 0. The fourth-order valence-electron chi connectivity index (χ4n) is 1.34. The Bertz CT molecular complexity index is 449. The lowest BCUT2D eigenvalue weighted by Gasteiger charge is -2.04. The summed E-state index contributed by atoms with van der Waals surface area (Å²) in [5.74, 6) is 0.441. The van der Waals surface area contributed by atoms with Crippen LogP contribution < -0.4 is 10.5 Å². The minimum absolute atomic E-state index is 0.441. The Balaban J connectivity index is 2.83. The molecule has 68 valence electrons. The highest BCUT2D eigenvalue weighted by atomic mass is 16.5. The van der Waals surface area contributed by atoms with Gasteiger partial charge in [-0.15, -0.1) is 0 Å². The van der Waals surface area contributed by atoms with E-state index < -0.39 is 0 Å². The van der Waals surface area contributed by atoms with Crippen LogP contribution in [0.25, 0.3) is 10.9 Å². The van der Waals surface area contributed by atoms with E-state index >= 15 is 0 Å². The van der Waals surface area contributed by atoms with Gasteiger partial charge in [-0.25, -0.2) is 4.98 Å². The summed E-state index contributed by atoms with van der Waals surface area (Å²) in [5, 5.41) is 4.99. The van der Waals surface area contributed by atoms with Crippen molar-refractivity contribution < 1.29 is 4.74 Å². The van der Waals surface area contributed by atoms with Crippen LogP contribution in [0.15, 0.2) is 12.4 Å². The highest BCUT2D eigenvalue weighted by molar-refractivity contribution is 5.91. The van der Waals surface area contributed by atoms with Gasteiger partial charge in [-0.05, 0) is 0 Å². The van der Waals surface area contributed by atoms with E-state index in [2.05, 4.69) is 10.1 Å². The highest BCUT2D eigenvalue weighted by Gasteiger charge is 2.09. The second-order valence-corrected chi connectivity index (χ2v) is 2.75. The number of fused-ring (bicyclic) bond motifs is 1. The molecule has 5 heteroatoms. The van der Waals surface area contributed by atoms with Crippen molar-refractivity contribution in [3.63, 3.8) is 0 Å². The highest BCUT2D eigenvalue weighted by Crippen LogP contribution is 2.26. The third kappa shape index (κ3) is 1.00. The van der Waals surface area contributed by atoms with Crippen molar-refractivity contribution in [3.8, 4) is 5.88 Å². The fourth-order valence-corrected chi connectivity index (χ4v) is 1.34. The number of hydrogen-bond acceptors (Lipinski definition) is 4. The molecule has 0 spiro atoms. The van der Waals surface area contributed by atoms with Gasteiger partial charge in [0.2, 0.25) is 5.88 Å². The molecular weight excluding hydrogens is 168 g/mol. The van der Waals surface area contributed by atoms with E-state index in [0.29, 0.717) is 11.6 Å². The normalized spacial score (nSPS) is 10.6. The SMILES string of the molecule is COc1ncc2cnn(C)c2c1N. The predicted octanol–water partition coefficient (Wildman–Crippen LogP) is 0.559. The van der Waals surface area contributed by atoms with Gasteiger partial charge < -0.3 is 10.5 Å². The molecule has 0 radical (unpaired) electrons. The summed E-state index contributed by atoms with van der Waals surface area (Å²) in [7, 11) is 3.37. The molecule has 0 aliphatic rings. The molecule has 0 unspecified atom stereocenters. The number of nitrogen functional groups attached to an aromatic ring is 1. The zero-order chi connectivity index (χ0) is 9.42. The van der Waals surface area contributed by atoms with Crippen LogP contribution in [0.4, 0.5) is 5.69 Å². The third-order valence-corrected chi connectivity index (χ3v) is 1.97. The van der Waals surface area contributed by atoms with Crippen molar-refractivity contribution in [2.24, 2.45) is 7.05 Å². The molecule has 0 bridgehead atoms. The van der Waals surface area contributed by atoms with E-state index in [9.17, 15) is 0 Å². The Morgan fingerprint density at radius 2 is 2.23 bits per heavy atom. The molecule has 0 saturated carbocycles. The minimum atomic E-state index is 0.441. The first-order chi connectivity index (χ1) is 6.24. The van der Waals surface area contributed by atoms with Gasteiger partial charge in [-0.1, -0.05) is 0 Å². The smallest absolute Gasteiger partial charge is 0.239 e. The van der Waals surface area contributed by atoms with Crippen molar-refractivity contribution in [2.75, 3.05) is 12.8 Å². The van der Waals surface area contributed by atoms with Crippen LogP contribution >= 0.6 is 0 Å². The number of anilines is 1. The molecule has 0 aliphatic heterocycles. The number of ether oxygens (including phenoxy) is 1. The molecule has 0 fully saturated rings. The van der Waals surface area contributed by atoms with Gasteiger partial charge in [-0.3, -0.25) is 4.68 Å². The van der Waals surface area contributed by atoms with Crippen LogP contribution in [0.2, 0.25) is 0 Å². The second-order valence-electron chi connectivity index (χ2n) is 2.75. The van der Waals surface area contributed by atoms with Gasteiger partial charge in [0.25, 0.3) is 0 Å². The molecule has 5 nitrogen and oxygen atoms in total. The number of rotatable bonds is 1. The number of pyridine rings is 1. The quantitative estimate of drug-likeness (QED) is 0.692. The van der Waals surface area contributed by atoms with E-state index in [4.69, 9.17) is 10.5 Å². The molecule has 0 atom stereocenters. The van der Waals surface area contributed by atoms with Crippen molar-refractivity contribution in [1.82, 2.24) is 14.8 Å². The summed E-state index contributed by atoms with van der Waals surface area (Å²) in [4.78, 5) is 4.04. The Kier molecular flexibility index (Phi) is 1.58. The Hall–Kier alpha value is -1.78. The molecular formula is C8H10N4O. The summed E-state index contributed by atoms with van der Waals surface area (Å²) in [6.45, 7) is 0. The van der Waals surface area contributed by atoms with E-state index in [1.165, 1.54) is 0 Å². The lowest BCUT2D eigenvalue weighted by atomic mass is 10.3. The van der Waals surface area contributed by atoms with Gasteiger partial charge in [0.15, 0.2) is 0 Å². The van der Waals surface area contributed by atoms with Crippen LogP contribution in [0.5, 0.6) is 5.88 Å². The van der Waals surface area contributed by atoms with E-state index in [0.717, 1.165) is 10.9 Å². The lowest BCUT2D eigenvalue weighted by molar-refractivity contribution is 0.401. The van der Waals surface area contributed by atoms with Crippen LogP contribution in [0.1, 0.15) is 0 Å². The van der Waals surface area contributed by atoms with E-state index in [1.807, 2.05) is 7.05 Å². The topological polar surface area (TPSA) is 66.0 Å². The minimum Gasteiger partial charge on any atom is -0.479 e. The Labute approximate surface area is 75.1 Å². The molecule has 0 aromatic carbocycles. The average Bonchev–Trinajstić information content (AvgIpc) is 2.49. The molecule has 2 aromatic heterocycles. The van der Waals surface area contributed by atoms with Crippen molar-refractivity contribution in [3.05, 3.63) is 12.4 Å². The van der Waals surface area contributed by atoms with Crippen LogP contribution in [-0.2, 0) is 7.05 Å². The van der Waals surface area contributed by atoms with Crippen molar-refractivity contribution >= 4 is 16.6 Å². The standard InChI is InChI=1S/C8H10N4O/c1-12-7-5(4-11-12)3-10-8(13-2)6(7)9/h3-4H,9H2,1-2H3. The molecule has 2 aromatic rings. The molecule has 2 heterocycles. The molecule has 13 heavy (non-hydrogen) atoms. The maximum Gasteiger partial charge on any atom is 0.239 e. The van der Waals surface area contributed by atoms with E-state index in [-0.39, 0.29) is 0 Å². The molecule has 2 rings (SSSR count). The lowest BCUT2D eigenvalue weighted by Crippen LogP contribution is -1.99. The van der Waals surface area contributed by atoms with Gasteiger partial charge in [0, 0.05) is 18.6 Å². The van der Waals surface area contributed by atoms with Crippen LogP contribution in [0, 0.1) is 0 Å². The van der Waals surface area contributed by atoms with Gasteiger partial charge in [-0.2, -0.15) is 5.10 Å². The van der Waals surface area contributed by atoms with Crippen LogP contribution in [-0.4, -0.2) is 21.9 Å². The first-order valence-corrected chi connectivity index (χ1v) is 3.84. The van der Waals surface area contributed by atoms with Crippen LogP contribution in [0.3, 0.4) is 0 Å². The first-order valence-electron chi connectivity index (χ1n) is 3.84. The molecule has 0 saturated heterocycles. The van der Waals surface area contributed by atoms with Gasteiger partial charge in [0.1, 0.15) is 5.69 Å². The van der Waals surface area contributed by atoms with Gasteiger partial charge >= 0.3 is 0 Å². The average molecular weight is 178 g/mol. The maximum absolute atomic E-state index is 5.83. The number of aryl methyl sites for hydroxylation is 1. The molecule has 2 N–H and O–H groups in total. The fraction of sp³-hybridized carbons (Fsp3) is 0.250. The third-order valence-electron chi connectivity index (χ3n) is 1.97. The zero-order valence-corrected chi connectivity index (χ0v) is 7.48. The Morgan fingerprint density at radius 3 is 2.92 bits per heavy atom. The number of aromatic nitrogens is 3. The summed E-state index contributed by atoms with van der Waals surface area (Å²) in [5.41, 5.74) is 7.21. The number of nitrogens with two attached hydrogens (primary N) is 1. The molecule has 0 amide bonds. The monoisotopic (exact) mass is 178 g/mol. The predicted molar refractivity (Wildman–Crippen MR) is 49.5 cm³/mol. The molecule has 0 aliphatic carbocycles. The summed E-state index contributed by atoms with van der Waals surface area (Å²) in [6.07, 6.45) is 3.41. The second kappa shape index (κ2) is 2.62. The maximum atomic E-state index is 5.83. The number of methoxy groups -OCH3 is 1. The van der Waals surface area contributed by atoms with E-state index in [1.54, 1.807) is 24.2 Å². The first kappa shape index (κ1) is 7.85. The van der Waals surface area contributed by atoms with Gasteiger partial charge in [0.05, 0.1) is 18.8 Å².